The number of nitrogens with zero attached hydrogens (tertiary/aromatic N) is 2. The van der Waals surface area contributed by atoms with Gasteiger partial charge in [0, 0.05) is 25.1 Å². The van der Waals surface area contributed by atoms with Crippen LogP contribution in [0.5, 0.6) is 0 Å². The van der Waals surface area contributed by atoms with Gasteiger partial charge in [-0.15, -0.1) is 0 Å². The fourth-order valence-corrected chi connectivity index (χ4v) is 3.80. The van der Waals surface area contributed by atoms with E-state index in [2.05, 4.69) is 10.4 Å². The maximum absolute atomic E-state index is 13.4. The number of nitrogens with one attached hydrogen (secondary N) is 1. The molecule has 1 aliphatic rings. The quantitative estimate of drug-likeness (QED) is 0.673. The second kappa shape index (κ2) is 8.05. The Morgan fingerprint density at radius 3 is 2.69 bits per heavy atom. The first-order valence-electron chi connectivity index (χ1n) is 9.73. The molecule has 4 rings (SSSR count). The summed E-state index contributed by atoms with van der Waals surface area (Å²) in [5.41, 5.74) is 1.90. The highest BCUT2D eigenvalue weighted by atomic mass is 16.5. The molecule has 0 bridgehead atoms. The van der Waals surface area contributed by atoms with E-state index in [1.54, 1.807) is 29.8 Å². The lowest BCUT2D eigenvalue weighted by atomic mass is 9.73. The first kappa shape index (κ1) is 19.1. The molecule has 0 spiro atoms. The van der Waals surface area contributed by atoms with Gasteiger partial charge in [0.25, 0.3) is 0 Å². The molecule has 1 saturated heterocycles. The molecule has 150 valence electrons. The molecular weight excluding hydrogens is 370 g/mol. The minimum atomic E-state index is -0.643. The van der Waals surface area contributed by atoms with Crippen molar-refractivity contribution in [2.75, 3.05) is 25.1 Å². The molecule has 0 saturated carbocycles. The van der Waals surface area contributed by atoms with Crippen molar-refractivity contribution >= 4 is 23.1 Å². The summed E-state index contributed by atoms with van der Waals surface area (Å²) in [5, 5.41) is 7.22. The summed E-state index contributed by atoms with van der Waals surface area (Å²) in [5.74, 6) is -0.510. The lowest BCUT2D eigenvalue weighted by Gasteiger charge is -2.36. The number of ether oxygens (including phenoxy) is 2. The van der Waals surface area contributed by atoms with Gasteiger partial charge in [0.15, 0.2) is 0 Å². The van der Waals surface area contributed by atoms with Crippen molar-refractivity contribution in [2.45, 2.75) is 25.2 Å². The third-order valence-corrected chi connectivity index (χ3v) is 5.38. The molecule has 0 radical (unpaired) electrons. The minimum absolute atomic E-state index is 0.0754. The maximum Gasteiger partial charge on any atom is 0.341 e. The summed E-state index contributed by atoms with van der Waals surface area (Å²) < 4.78 is 12.2. The monoisotopic (exact) mass is 393 g/mol. The van der Waals surface area contributed by atoms with Crippen molar-refractivity contribution in [1.29, 1.82) is 0 Å². The molecule has 7 nitrogen and oxygen atoms in total. The van der Waals surface area contributed by atoms with Crippen LogP contribution in [0.4, 0.5) is 5.69 Å². The van der Waals surface area contributed by atoms with E-state index in [4.69, 9.17) is 9.47 Å². The number of carbonyl (C=O) groups is 2. The van der Waals surface area contributed by atoms with Crippen LogP contribution in [0, 0.1) is 0 Å². The molecule has 0 atom stereocenters. The van der Waals surface area contributed by atoms with Gasteiger partial charge >= 0.3 is 5.97 Å². The number of hydrogen-bond acceptors (Lipinski definition) is 5. The fraction of sp³-hybridized carbons (Fsp3) is 0.318. The van der Waals surface area contributed by atoms with Gasteiger partial charge < -0.3 is 14.8 Å². The van der Waals surface area contributed by atoms with Gasteiger partial charge in [-0.3, -0.25) is 4.79 Å². The molecule has 1 aromatic carbocycles. The molecule has 3 aromatic rings. The highest BCUT2D eigenvalue weighted by Crippen LogP contribution is 2.36. The van der Waals surface area contributed by atoms with E-state index in [9.17, 15) is 9.59 Å². The minimum Gasteiger partial charge on any atom is -0.462 e. The van der Waals surface area contributed by atoms with Gasteiger partial charge in [-0.25, -0.2) is 9.31 Å². The first-order chi connectivity index (χ1) is 14.1. The number of esters is 1. The Labute approximate surface area is 168 Å². The Morgan fingerprint density at radius 2 is 1.97 bits per heavy atom. The zero-order valence-corrected chi connectivity index (χ0v) is 16.3. The number of rotatable bonds is 5. The number of pyridine rings is 1. The largest absolute Gasteiger partial charge is 0.462 e. The Balaban J connectivity index is 1.65. The lowest BCUT2D eigenvalue weighted by Crippen LogP contribution is -2.44. The number of benzene rings is 1. The maximum atomic E-state index is 13.4. The summed E-state index contributed by atoms with van der Waals surface area (Å²) in [6.45, 7) is 3.12. The van der Waals surface area contributed by atoms with Crippen LogP contribution in [0.25, 0.3) is 5.52 Å². The van der Waals surface area contributed by atoms with E-state index >= 15 is 0 Å². The van der Waals surface area contributed by atoms with Crippen LogP contribution in [-0.2, 0) is 19.7 Å². The van der Waals surface area contributed by atoms with Gasteiger partial charge in [-0.2, -0.15) is 5.10 Å². The third kappa shape index (κ3) is 3.61. The number of carbonyl (C=O) groups excluding carboxylic acids is 2. The molecule has 1 fully saturated rings. The van der Waals surface area contributed by atoms with Crippen molar-refractivity contribution in [3.05, 3.63) is 66.0 Å². The summed E-state index contributed by atoms with van der Waals surface area (Å²) in [6, 6.07) is 13.3. The fourth-order valence-electron chi connectivity index (χ4n) is 3.80. The van der Waals surface area contributed by atoms with Crippen molar-refractivity contribution in [3.8, 4) is 0 Å². The number of anilines is 1. The third-order valence-electron chi connectivity index (χ3n) is 5.38. The summed E-state index contributed by atoms with van der Waals surface area (Å²) in [6.07, 6.45) is 4.42. The van der Waals surface area contributed by atoms with Crippen LogP contribution >= 0.6 is 0 Å². The first-order valence-corrected chi connectivity index (χ1v) is 9.73. The van der Waals surface area contributed by atoms with Gasteiger partial charge in [-0.05, 0) is 37.5 Å². The van der Waals surface area contributed by atoms with Crippen LogP contribution in [0.2, 0.25) is 0 Å². The van der Waals surface area contributed by atoms with Gasteiger partial charge in [0.1, 0.15) is 5.56 Å². The van der Waals surface area contributed by atoms with Crippen LogP contribution < -0.4 is 5.32 Å². The predicted molar refractivity (Wildman–Crippen MR) is 108 cm³/mol. The number of hydrogen-bond donors (Lipinski definition) is 1. The molecule has 29 heavy (non-hydrogen) atoms. The summed E-state index contributed by atoms with van der Waals surface area (Å²) in [7, 11) is 0. The van der Waals surface area contributed by atoms with Gasteiger partial charge in [0.05, 0.1) is 23.7 Å². The second-order valence-corrected chi connectivity index (χ2v) is 7.04. The SMILES string of the molecule is CCOC(=O)c1cnn2ccc(NC(=O)C3(c4ccccc4)CCOCC3)cc12. The van der Waals surface area contributed by atoms with Gasteiger partial charge in [0.2, 0.25) is 5.91 Å². The van der Waals surface area contributed by atoms with Crippen LogP contribution in [0.1, 0.15) is 35.7 Å². The zero-order valence-electron chi connectivity index (χ0n) is 16.3. The molecule has 1 amide bonds. The molecule has 1 aliphatic heterocycles. The highest BCUT2D eigenvalue weighted by molar-refractivity contribution is 6.01. The lowest BCUT2D eigenvalue weighted by molar-refractivity contribution is -0.125. The molecule has 1 N–H and O–H groups in total. The predicted octanol–water partition coefficient (Wildman–Crippen LogP) is 3.20. The van der Waals surface area contributed by atoms with Crippen LogP contribution in [0.15, 0.2) is 54.9 Å². The van der Waals surface area contributed by atoms with E-state index in [0.717, 1.165) is 5.56 Å². The van der Waals surface area contributed by atoms with E-state index in [0.29, 0.717) is 42.8 Å². The topological polar surface area (TPSA) is 81.9 Å². The number of amides is 1. The van der Waals surface area contributed by atoms with Crippen molar-refractivity contribution in [3.63, 3.8) is 0 Å². The Kier molecular flexibility index (Phi) is 5.31. The van der Waals surface area contributed by atoms with E-state index in [1.807, 2.05) is 30.3 Å². The van der Waals surface area contributed by atoms with Crippen LogP contribution in [0.3, 0.4) is 0 Å². The zero-order chi connectivity index (χ0) is 20.3. The molecule has 2 aromatic heterocycles. The smallest absolute Gasteiger partial charge is 0.341 e. The van der Waals surface area contributed by atoms with Gasteiger partial charge in [-0.1, -0.05) is 30.3 Å². The van der Waals surface area contributed by atoms with Crippen LogP contribution in [-0.4, -0.2) is 41.3 Å². The van der Waals surface area contributed by atoms with Crippen molar-refractivity contribution in [2.24, 2.45) is 0 Å². The Bertz CT molecular complexity index is 1020. The number of fused-ring (bicyclic) bond motifs is 1. The van der Waals surface area contributed by atoms with E-state index in [1.165, 1.54) is 6.20 Å². The molecule has 0 aliphatic carbocycles. The highest BCUT2D eigenvalue weighted by Gasteiger charge is 2.41. The van der Waals surface area contributed by atoms with Crippen molar-refractivity contribution < 1.29 is 19.1 Å². The molecule has 7 heteroatoms. The standard InChI is InChI=1S/C22H23N3O4/c1-2-29-20(26)18-15-23-25-11-8-17(14-19(18)25)24-21(27)22(9-12-28-13-10-22)16-6-4-3-5-7-16/h3-8,11,14-15H,2,9-10,12-13H2,1H3,(H,24,27). The average Bonchev–Trinajstić information content (AvgIpc) is 3.18. The second-order valence-electron chi connectivity index (χ2n) is 7.04. The Hall–Kier alpha value is -3.19. The molecule has 3 heterocycles. The van der Waals surface area contributed by atoms with E-state index < -0.39 is 11.4 Å². The summed E-state index contributed by atoms with van der Waals surface area (Å²) in [4.78, 5) is 25.6. The van der Waals surface area contributed by atoms with E-state index in [-0.39, 0.29) is 12.5 Å². The van der Waals surface area contributed by atoms with Crippen molar-refractivity contribution in [1.82, 2.24) is 9.61 Å². The average molecular weight is 393 g/mol. The normalized spacial score (nSPS) is 15.8. The molecular formula is C22H23N3O4. The summed E-state index contributed by atoms with van der Waals surface area (Å²) >= 11 is 0. The Morgan fingerprint density at radius 1 is 1.21 bits per heavy atom. The molecule has 0 unspecified atom stereocenters. The number of aromatic nitrogens is 2.